The van der Waals surface area contributed by atoms with Crippen LogP contribution in [0.5, 0.6) is 0 Å². The second kappa shape index (κ2) is 6.00. The molecule has 1 aliphatic rings. The lowest BCUT2D eigenvalue weighted by Crippen LogP contribution is -2.42. The normalized spacial score (nSPS) is 17.0. The highest BCUT2D eigenvalue weighted by Gasteiger charge is 2.22. The number of carbonyl (C=O) groups is 1. The van der Waals surface area contributed by atoms with Crippen molar-refractivity contribution in [2.75, 3.05) is 13.1 Å². The van der Waals surface area contributed by atoms with Gasteiger partial charge in [-0.25, -0.2) is 4.68 Å². The lowest BCUT2D eigenvalue weighted by Gasteiger charge is -2.30. The van der Waals surface area contributed by atoms with Gasteiger partial charge in [-0.1, -0.05) is 27.7 Å². The molecule has 1 amide bonds. The van der Waals surface area contributed by atoms with Crippen molar-refractivity contribution in [1.29, 1.82) is 0 Å². The molecule has 1 aromatic heterocycles. The van der Waals surface area contributed by atoms with Crippen LogP contribution in [0.25, 0.3) is 0 Å². The maximum absolute atomic E-state index is 12.3. The number of likely N-dealkylation sites (tertiary alicyclic amines) is 1. The maximum atomic E-state index is 12.3. The van der Waals surface area contributed by atoms with E-state index in [4.69, 9.17) is 0 Å². The molecule has 5 heteroatoms. The monoisotopic (exact) mass is 291 g/mol. The highest BCUT2D eigenvalue weighted by molar-refractivity contribution is 5.75. The van der Waals surface area contributed by atoms with Crippen molar-refractivity contribution in [3.63, 3.8) is 0 Å². The minimum atomic E-state index is -0.221. The molecule has 0 aromatic carbocycles. The maximum Gasteiger partial charge on any atom is 0.267 e. The first-order valence-electron chi connectivity index (χ1n) is 7.64. The fourth-order valence-corrected chi connectivity index (χ4v) is 2.45. The molecule has 0 spiro atoms. The Kier molecular flexibility index (Phi) is 4.49. The molecular formula is C16H25N3O2. The Balaban J connectivity index is 2.12. The lowest BCUT2D eigenvalue weighted by molar-refractivity contribution is -0.133. The van der Waals surface area contributed by atoms with E-state index in [0.717, 1.165) is 31.6 Å². The third kappa shape index (κ3) is 3.93. The standard InChI is InChI=1S/C16H25N3O2/c1-12-7-9-18(10-8-12)15(21)11-19-14(20)6-5-13(17-19)16(2,3)4/h5-6,12H,7-11H2,1-4H3. The van der Waals surface area contributed by atoms with Gasteiger partial charge in [0.05, 0.1) is 5.69 Å². The highest BCUT2D eigenvalue weighted by atomic mass is 16.2. The number of hydrogen-bond acceptors (Lipinski definition) is 3. The third-order valence-corrected chi connectivity index (χ3v) is 4.06. The van der Waals surface area contributed by atoms with Gasteiger partial charge in [-0.05, 0) is 24.8 Å². The van der Waals surface area contributed by atoms with E-state index in [9.17, 15) is 9.59 Å². The molecule has 0 saturated carbocycles. The van der Waals surface area contributed by atoms with Gasteiger partial charge < -0.3 is 4.90 Å². The van der Waals surface area contributed by atoms with Gasteiger partial charge in [-0.15, -0.1) is 0 Å². The van der Waals surface area contributed by atoms with E-state index in [1.165, 1.54) is 10.7 Å². The summed E-state index contributed by atoms with van der Waals surface area (Å²) in [7, 11) is 0. The van der Waals surface area contributed by atoms with Gasteiger partial charge >= 0.3 is 0 Å². The Morgan fingerprint density at radius 3 is 2.48 bits per heavy atom. The van der Waals surface area contributed by atoms with Crippen molar-refractivity contribution in [3.8, 4) is 0 Å². The fraction of sp³-hybridized carbons (Fsp3) is 0.688. The van der Waals surface area contributed by atoms with E-state index in [2.05, 4.69) is 12.0 Å². The summed E-state index contributed by atoms with van der Waals surface area (Å²) in [6, 6.07) is 3.24. The number of nitrogens with zero attached hydrogens (tertiary/aromatic N) is 3. The molecule has 116 valence electrons. The predicted octanol–water partition coefficient (Wildman–Crippen LogP) is 1.80. The first kappa shape index (κ1) is 15.7. The minimum absolute atomic E-state index is 0.0115. The molecule has 21 heavy (non-hydrogen) atoms. The Morgan fingerprint density at radius 1 is 1.29 bits per heavy atom. The molecule has 5 nitrogen and oxygen atoms in total. The molecule has 1 fully saturated rings. The first-order valence-corrected chi connectivity index (χ1v) is 7.64. The van der Waals surface area contributed by atoms with Gasteiger partial charge in [0.1, 0.15) is 6.54 Å². The quantitative estimate of drug-likeness (QED) is 0.835. The van der Waals surface area contributed by atoms with Gasteiger partial charge in [0.15, 0.2) is 0 Å². The topological polar surface area (TPSA) is 55.2 Å². The Morgan fingerprint density at radius 2 is 1.90 bits per heavy atom. The number of rotatable bonds is 2. The van der Waals surface area contributed by atoms with E-state index in [1.54, 1.807) is 6.07 Å². The first-order chi connectivity index (χ1) is 9.77. The fourth-order valence-electron chi connectivity index (χ4n) is 2.45. The van der Waals surface area contributed by atoms with Crippen LogP contribution in [0.1, 0.15) is 46.2 Å². The van der Waals surface area contributed by atoms with Crippen molar-refractivity contribution >= 4 is 5.91 Å². The van der Waals surface area contributed by atoms with Crippen LogP contribution < -0.4 is 5.56 Å². The molecule has 0 atom stereocenters. The molecule has 0 aliphatic carbocycles. The van der Waals surface area contributed by atoms with Crippen LogP contribution in [0.15, 0.2) is 16.9 Å². The number of piperidine rings is 1. The zero-order chi connectivity index (χ0) is 15.6. The molecule has 2 rings (SSSR count). The second-order valence-corrected chi connectivity index (χ2v) is 7.03. The van der Waals surface area contributed by atoms with Gasteiger partial charge in [-0.2, -0.15) is 5.10 Å². The van der Waals surface area contributed by atoms with Gasteiger partial charge in [0.2, 0.25) is 5.91 Å². The van der Waals surface area contributed by atoms with Crippen LogP contribution in [0.3, 0.4) is 0 Å². The van der Waals surface area contributed by atoms with Crippen LogP contribution >= 0.6 is 0 Å². The summed E-state index contributed by atoms with van der Waals surface area (Å²) in [5.74, 6) is 0.668. The molecule has 1 saturated heterocycles. The largest absolute Gasteiger partial charge is 0.341 e. The number of hydrogen-bond donors (Lipinski definition) is 0. The molecule has 1 aliphatic heterocycles. The number of amides is 1. The van der Waals surface area contributed by atoms with E-state index in [0.29, 0.717) is 5.92 Å². The van der Waals surface area contributed by atoms with E-state index < -0.39 is 0 Å². The van der Waals surface area contributed by atoms with Gasteiger partial charge in [-0.3, -0.25) is 9.59 Å². The lowest BCUT2D eigenvalue weighted by atomic mass is 9.92. The Labute approximate surface area is 126 Å². The molecular weight excluding hydrogens is 266 g/mol. The van der Waals surface area contributed by atoms with Crippen molar-refractivity contribution in [1.82, 2.24) is 14.7 Å². The summed E-state index contributed by atoms with van der Waals surface area (Å²) in [6.45, 7) is 9.94. The smallest absolute Gasteiger partial charge is 0.267 e. The summed E-state index contributed by atoms with van der Waals surface area (Å²) in [5.41, 5.74) is 0.461. The zero-order valence-electron chi connectivity index (χ0n) is 13.4. The molecule has 0 unspecified atom stereocenters. The average Bonchev–Trinajstić information content (AvgIpc) is 2.40. The molecule has 0 radical (unpaired) electrons. The van der Waals surface area contributed by atoms with Crippen LogP contribution in [0.4, 0.5) is 0 Å². The zero-order valence-corrected chi connectivity index (χ0v) is 13.4. The second-order valence-electron chi connectivity index (χ2n) is 7.03. The number of aromatic nitrogens is 2. The Bertz CT molecular complexity index is 564. The Hall–Kier alpha value is -1.65. The molecule has 0 N–H and O–H groups in total. The van der Waals surface area contributed by atoms with Crippen LogP contribution in [0, 0.1) is 5.92 Å². The summed E-state index contributed by atoms with van der Waals surface area (Å²) in [6.07, 6.45) is 2.08. The van der Waals surface area contributed by atoms with Crippen molar-refractivity contribution in [2.24, 2.45) is 5.92 Å². The van der Waals surface area contributed by atoms with Crippen molar-refractivity contribution in [3.05, 3.63) is 28.2 Å². The van der Waals surface area contributed by atoms with E-state index >= 15 is 0 Å². The molecule has 1 aromatic rings. The van der Waals surface area contributed by atoms with Gasteiger partial charge in [0.25, 0.3) is 5.56 Å². The SMILES string of the molecule is CC1CCN(C(=O)Cn2nc(C(C)(C)C)ccc2=O)CC1. The predicted molar refractivity (Wildman–Crippen MR) is 82.2 cm³/mol. The third-order valence-electron chi connectivity index (χ3n) is 4.06. The van der Waals surface area contributed by atoms with Crippen LogP contribution in [0.2, 0.25) is 0 Å². The molecule has 2 heterocycles. The van der Waals surface area contributed by atoms with Crippen LogP contribution in [-0.2, 0) is 16.8 Å². The summed E-state index contributed by atoms with van der Waals surface area (Å²) < 4.78 is 1.29. The average molecular weight is 291 g/mol. The van der Waals surface area contributed by atoms with E-state index in [-0.39, 0.29) is 23.4 Å². The minimum Gasteiger partial charge on any atom is -0.341 e. The summed E-state index contributed by atoms with van der Waals surface area (Å²) >= 11 is 0. The highest BCUT2D eigenvalue weighted by Crippen LogP contribution is 2.18. The van der Waals surface area contributed by atoms with Gasteiger partial charge in [0, 0.05) is 24.6 Å². The molecule has 0 bridgehead atoms. The summed E-state index contributed by atoms with van der Waals surface area (Å²) in [4.78, 5) is 26.1. The van der Waals surface area contributed by atoms with Crippen molar-refractivity contribution < 1.29 is 4.79 Å². The number of carbonyl (C=O) groups excluding carboxylic acids is 1. The van der Waals surface area contributed by atoms with Crippen molar-refractivity contribution in [2.45, 2.75) is 52.5 Å². The van der Waals surface area contributed by atoms with Crippen LogP contribution in [-0.4, -0.2) is 33.7 Å². The summed E-state index contributed by atoms with van der Waals surface area (Å²) in [5, 5.41) is 4.35. The van der Waals surface area contributed by atoms with E-state index in [1.807, 2.05) is 25.7 Å².